The average Bonchev–Trinajstić information content (AvgIpc) is 2.72. The van der Waals surface area contributed by atoms with Crippen LogP contribution < -0.4 is 14.4 Å². The molecule has 1 amide bonds. The van der Waals surface area contributed by atoms with Crippen molar-refractivity contribution in [2.45, 2.75) is 13.3 Å². The highest BCUT2D eigenvalue weighted by molar-refractivity contribution is 6.32. The molecule has 7 heteroatoms. The van der Waals surface area contributed by atoms with E-state index in [2.05, 4.69) is 16.8 Å². The highest BCUT2D eigenvalue weighted by atomic mass is 35.5. The minimum absolute atomic E-state index is 0.0203. The van der Waals surface area contributed by atoms with Crippen molar-refractivity contribution in [3.63, 3.8) is 0 Å². The van der Waals surface area contributed by atoms with E-state index in [-0.39, 0.29) is 12.5 Å². The molecule has 0 bridgehead atoms. The minimum Gasteiger partial charge on any atom is -0.494 e. The van der Waals surface area contributed by atoms with Crippen LogP contribution in [0.1, 0.15) is 13.3 Å². The van der Waals surface area contributed by atoms with Crippen LogP contribution in [0.5, 0.6) is 11.5 Å². The van der Waals surface area contributed by atoms with Gasteiger partial charge < -0.3 is 19.3 Å². The van der Waals surface area contributed by atoms with Crippen LogP contribution >= 0.6 is 11.6 Å². The van der Waals surface area contributed by atoms with Gasteiger partial charge in [-0.25, -0.2) is 4.98 Å². The molecule has 0 unspecified atom stereocenters. The van der Waals surface area contributed by atoms with Gasteiger partial charge in [0.25, 0.3) is 5.91 Å². The van der Waals surface area contributed by atoms with Crippen molar-refractivity contribution in [2.75, 3.05) is 44.3 Å². The number of ether oxygens (including phenoxy) is 2. The number of pyridine rings is 1. The van der Waals surface area contributed by atoms with Gasteiger partial charge in [0.2, 0.25) is 0 Å². The Morgan fingerprint density at radius 2 is 1.74 bits per heavy atom. The SMILES string of the molecule is CCCOc1ccc(OCC(=O)N2CCN(c3ncccc3Cl)CC2)cc1. The lowest BCUT2D eigenvalue weighted by molar-refractivity contribution is -0.133. The molecule has 3 rings (SSSR count). The van der Waals surface area contributed by atoms with Crippen molar-refractivity contribution in [2.24, 2.45) is 0 Å². The van der Waals surface area contributed by atoms with Gasteiger partial charge in [0.15, 0.2) is 6.61 Å². The van der Waals surface area contributed by atoms with Gasteiger partial charge in [-0.3, -0.25) is 4.79 Å². The fourth-order valence-corrected chi connectivity index (χ4v) is 3.11. The van der Waals surface area contributed by atoms with Crippen LogP contribution in [0.25, 0.3) is 0 Å². The molecule has 2 heterocycles. The molecule has 1 fully saturated rings. The topological polar surface area (TPSA) is 54.9 Å². The van der Waals surface area contributed by atoms with Crippen LogP contribution in [0.15, 0.2) is 42.6 Å². The number of carbonyl (C=O) groups excluding carboxylic acids is 1. The number of piperazine rings is 1. The smallest absolute Gasteiger partial charge is 0.260 e. The van der Waals surface area contributed by atoms with E-state index in [0.29, 0.717) is 43.6 Å². The zero-order valence-electron chi connectivity index (χ0n) is 15.4. The number of amides is 1. The summed E-state index contributed by atoms with van der Waals surface area (Å²) in [6.45, 7) is 5.43. The molecule has 0 atom stereocenters. The van der Waals surface area contributed by atoms with Gasteiger partial charge >= 0.3 is 0 Å². The number of nitrogens with zero attached hydrogens (tertiary/aromatic N) is 3. The maximum absolute atomic E-state index is 12.4. The van der Waals surface area contributed by atoms with Crippen LogP contribution in [-0.4, -0.2) is 55.2 Å². The molecule has 0 N–H and O–H groups in total. The zero-order valence-corrected chi connectivity index (χ0v) is 16.2. The number of halogens is 1. The van der Waals surface area contributed by atoms with Gasteiger partial charge in [-0.1, -0.05) is 18.5 Å². The van der Waals surface area contributed by atoms with E-state index >= 15 is 0 Å². The first-order chi connectivity index (χ1) is 13.2. The maximum atomic E-state index is 12.4. The highest BCUT2D eigenvalue weighted by Crippen LogP contribution is 2.23. The number of rotatable bonds is 7. The first-order valence-corrected chi connectivity index (χ1v) is 9.54. The van der Waals surface area contributed by atoms with Gasteiger partial charge in [-0.2, -0.15) is 0 Å². The van der Waals surface area contributed by atoms with Crippen LogP contribution in [0.2, 0.25) is 5.02 Å². The third-order valence-corrected chi connectivity index (χ3v) is 4.62. The van der Waals surface area contributed by atoms with E-state index < -0.39 is 0 Å². The first kappa shape index (κ1) is 19.3. The van der Waals surface area contributed by atoms with E-state index in [1.54, 1.807) is 6.20 Å². The van der Waals surface area contributed by atoms with Crippen LogP contribution in [0, 0.1) is 0 Å². The van der Waals surface area contributed by atoms with Crippen molar-refractivity contribution in [1.29, 1.82) is 0 Å². The van der Waals surface area contributed by atoms with Crippen molar-refractivity contribution in [3.05, 3.63) is 47.6 Å². The fraction of sp³-hybridized carbons (Fsp3) is 0.400. The third-order valence-electron chi connectivity index (χ3n) is 4.33. The third kappa shape index (κ3) is 5.26. The van der Waals surface area contributed by atoms with E-state index in [9.17, 15) is 4.79 Å². The molecule has 1 aliphatic rings. The summed E-state index contributed by atoms with van der Waals surface area (Å²) in [5.41, 5.74) is 0. The first-order valence-electron chi connectivity index (χ1n) is 9.16. The van der Waals surface area contributed by atoms with Gasteiger partial charge in [-0.05, 0) is 42.8 Å². The molecule has 0 spiro atoms. The number of benzene rings is 1. The quantitative estimate of drug-likeness (QED) is 0.727. The molecule has 1 saturated heterocycles. The lowest BCUT2D eigenvalue weighted by atomic mass is 10.3. The summed E-state index contributed by atoms with van der Waals surface area (Å²) in [7, 11) is 0. The van der Waals surface area contributed by atoms with E-state index in [1.807, 2.05) is 41.3 Å². The largest absolute Gasteiger partial charge is 0.494 e. The van der Waals surface area contributed by atoms with E-state index in [1.165, 1.54) is 0 Å². The maximum Gasteiger partial charge on any atom is 0.260 e. The predicted octanol–water partition coefficient (Wildman–Crippen LogP) is 3.25. The van der Waals surface area contributed by atoms with Crippen molar-refractivity contribution in [1.82, 2.24) is 9.88 Å². The van der Waals surface area contributed by atoms with Gasteiger partial charge in [0.1, 0.15) is 17.3 Å². The summed E-state index contributed by atoms with van der Waals surface area (Å²) in [5, 5.41) is 0.631. The molecule has 0 aliphatic carbocycles. The molecule has 6 nitrogen and oxygen atoms in total. The van der Waals surface area contributed by atoms with Gasteiger partial charge in [0.05, 0.1) is 11.6 Å². The Morgan fingerprint density at radius 3 is 2.37 bits per heavy atom. The second kappa shape index (κ2) is 9.46. The lowest BCUT2D eigenvalue weighted by Gasteiger charge is -2.35. The minimum atomic E-state index is -0.0203. The Kier molecular flexibility index (Phi) is 6.76. The second-order valence-electron chi connectivity index (χ2n) is 6.29. The number of aromatic nitrogens is 1. The summed E-state index contributed by atoms with van der Waals surface area (Å²) in [4.78, 5) is 20.6. The summed E-state index contributed by atoms with van der Waals surface area (Å²) in [6, 6.07) is 11.0. The zero-order chi connectivity index (χ0) is 19.1. The van der Waals surface area contributed by atoms with Gasteiger partial charge in [0, 0.05) is 32.4 Å². The normalized spacial score (nSPS) is 14.1. The Bertz CT molecular complexity index is 746. The van der Waals surface area contributed by atoms with Crippen LogP contribution in [0.4, 0.5) is 5.82 Å². The Morgan fingerprint density at radius 1 is 1.07 bits per heavy atom. The number of anilines is 1. The van der Waals surface area contributed by atoms with Crippen LogP contribution in [-0.2, 0) is 4.79 Å². The van der Waals surface area contributed by atoms with E-state index in [4.69, 9.17) is 21.1 Å². The molecular formula is C20H24ClN3O3. The Balaban J connectivity index is 1.45. The molecule has 1 aromatic heterocycles. The number of carbonyl (C=O) groups is 1. The van der Waals surface area contributed by atoms with Crippen molar-refractivity contribution < 1.29 is 14.3 Å². The fourth-order valence-electron chi connectivity index (χ4n) is 2.87. The molecular weight excluding hydrogens is 366 g/mol. The molecule has 0 saturated carbocycles. The monoisotopic (exact) mass is 389 g/mol. The summed E-state index contributed by atoms with van der Waals surface area (Å²) >= 11 is 6.20. The predicted molar refractivity (Wildman–Crippen MR) is 106 cm³/mol. The van der Waals surface area contributed by atoms with Gasteiger partial charge in [-0.15, -0.1) is 0 Å². The standard InChI is InChI=1S/C20H24ClN3O3/c1-2-14-26-16-5-7-17(8-6-16)27-15-19(25)23-10-12-24(13-11-23)20-18(21)4-3-9-22-20/h3-9H,2,10-15H2,1H3. The number of hydrogen-bond acceptors (Lipinski definition) is 5. The van der Waals surface area contributed by atoms with E-state index in [0.717, 1.165) is 18.0 Å². The molecule has 0 radical (unpaired) electrons. The highest BCUT2D eigenvalue weighted by Gasteiger charge is 2.23. The average molecular weight is 390 g/mol. The Hall–Kier alpha value is -2.47. The molecule has 1 aliphatic heterocycles. The number of hydrogen-bond donors (Lipinski definition) is 0. The summed E-state index contributed by atoms with van der Waals surface area (Å²) in [6.07, 6.45) is 2.69. The Labute approximate surface area is 164 Å². The van der Waals surface area contributed by atoms with Crippen molar-refractivity contribution >= 4 is 23.3 Å². The van der Waals surface area contributed by atoms with Crippen molar-refractivity contribution in [3.8, 4) is 11.5 Å². The molecule has 1 aromatic carbocycles. The molecule has 27 heavy (non-hydrogen) atoms. The summed E-state index contributed by atoms with van der Waals surface area (Å²) < 4.78 is 11.2. The van der Waals surface area contributed by atoms with Crippen LogP contribution in [0.3, 0.4) is 0 Å². The molecule has 144 valence electrons. The lowest BCUT2D eigenvalue weighted by Crippen LogP contribution is -2.50. The summed E-state index contributed by atoms with van der Waals surface area (Å²) in [5.74, 6) is 2.21. The molecule has 2 aromatic rings. The second-order valence-corrected chi connectivity index (χ2v) is 6.69.